The molecule has 1 unspecified atom stereocenters. The first-order valence-corrected chi connectivity index (χ1v) is 7.14. The molecule has 0 radical (unpaired) electrons. The number of benzene rings is 1. The summed E-state index contributed by atoms with van der Waals surface area (Å²) in [5.41, 5.74) is 4.18. The third-order valence-corrected chi connectivity index (χ3v) is 3.92. The predicted molar refractivity (Wildman–Crippen MR) is 72.1 cm³/mol. The van der Waals surface area contributed by atoms with Crippen molar-refractivity contribution in [2.45, 2.75) is 30.5 Å². The molecule has 0 saturated carbocycles. The van der Waals surface area contributed by atoms with Gasteiger partial charge in [-0.25, -0.2) is 17.5 Å². The minimum atomic E-state index is -4.75. The van der Waals surface area contributed by atoms with E-state index in [0.29, 0.717) is 12.1 Å². The van der Waals surface area contributed by atoms with Crippen molar-refractivity contribution in [2.75, 3.05) is 6.54 Å². The van der Waals surface area contributed by atoms with E-state index in [4.69, 9.17) is 5.73 Å². The number of nitrogens with two attached hydrogens (primary N) is 1. The zero-order valence-electron chi connectivity index (χ0n) is 10.9. The monoisotopic (exact) mass is 350 g/mol. The zero-order chi connectivity index (χ0) is 15.6. The largest absolute Gasteiger partial charge is 0.416 e. The Balaban J connectivity index is 0.00000400. The van der Waals surface area contributed by atoms with Crippen molar-refractivity contribution in [3.05, 3.63) is 29.6 Å². The first kappa shape index (κ1) is 20.1. The Hall–Kier alpha value is -0.900. The second kappa shape index (κ2) is 7.39. The van der Waals surface area contributed by atoms with Crippen LogP contribution in [0.25, 0.3) is 0 Å². The van der Waals surface area contributed by atoms with Crippen LogP contribution in [0.5, 0.6) is 0 Å². The van der Waals surface area contributed by atoms with Crippen LogP contribution in [0.2, 0.25) is 0 Å². The van der Waals surface area contributed by atoms with Crippen LogP contribution in [0.1, 0.15) is 18.9 Å². The lowest BCUT2D eigenvalue weighted by Crippen LogP contribution is -2.29. The molecule has 0 bridgehead atoms. The third kappa shape index (κ3) is 5.77. The van der Waals surface area contributed by atoms with Crippen molar-refractivity contribution < 1.29 is 26.0 Å². The van der Waals surface area contributed by atoms with E-state index in [1.165, 1.54) is 0 Å². The van der Waals surface area contributed by atoms with Crippen LogP contribution in [0.15, 0.2) is 23.1 Å². The average Bonchev–Trinajstić information content (AvgIpc) is 2.26. The van der Waals surface area contributed by atoms with E-state index in [1.807, 2.05) is 4.72 Å². The summed E-state index contributed by atoms with van der Waals surface area (Å²) < 4.78 is 76.4. The number of hydrogen-bond donors (Lipinski definition) is 2. The van der Waals surface area contributed by atoms with E-state index in [1.54, 1.807) is 6.92 Å². The van der Waals surface area contributed by atoms with Gasteiger partial charge < -0.3 is 5.73 Å². The fraction of sp³-hybridized carbons (Fsp3) is 0.455. The highest BCUT2D eigenvalue weighted by molar-refractivity contribution is 7.89. The van der Waals surface area contributed by atoms with E-state index in [2.05, 4.69) is 0 Å². The van der Waals surface area contributed by atoms with Gasteiger partial charge in [0.15, 0.2) is 0 Å². The minimum absolute atomic E-state index is 0. The molecular weight excluding hydrogens is 336 g/mol. The summed E-state index contributed by atoms with van der Waals surface area (Å²) in [6.07, 6.45) is -4.47. The van der Waals surface area contributed by atoms with Gasteiger partial charge in [0.05, 0.1) is 5.56 Å². The van der Waals surface area contributed by atoms with Crippen LogP contribution in [0.4, 0.5) is 17.6 Å². The standard InChI is InChI=1S/C11H14F4N2O2S.ClH/c1-7(16)4-5-17-20(18,19)10-6-8(11(13,14)15)2-3-9(10)12;/h2-3,6-7,17H,4-5,16H2,1H3;1H. The molecule has 4 nitrogen and oxygen atoms in total. The van der Waals surface area contributed by atoms with Gasteiger partial charge in [-0.3, -0.25) is 0 Å². The molecule has 0 fully saturated rings. The lowest BCUT2D eigenvalue weighted by molar-refractivity contribution is -0.137. The number of rotatable bonds is 5. The lowest BCUT2D eigenvalue weighted by atomic mass is 10.2. The van der Waals surface area contributed by atoms with Crippen LogP contribution in [-0.2, 0) is 16.2 Å². The van der Waals surface area contributed by atoms with Crippen molar-refractivity contribution in [1.82, 2.24) is 4.72 Å². The fourth-order valence-electron chi connectivity index (χ4n) is 1.38. The van der Waals surface area contributed by atoms with Crippen LogP contribution in [0, 0.1) is 5.82 Å². The smallest absolute Gasteiger partial charge is 0.328 e. The Morgan fingerprint density at radius 3 is 2.38 bits per heavy atom. The van der Waals surface area contributed by atoms with E-state index >= 15 is 0 Å². The quantitative estimate of drug-likeness (QED) is 0.800. The van der Waals surface area contributed by atoms with Gasteiger partial charge in [0.1, 0.15) is 10.7 Å². The average molecular weight is 351 g/mol. The second-order valence-electron chi connectivity index (χ2n) is 4.31. The molecular formula is C11H15ClF4N2O2S. The molecule has 0 spiro atoms. The number of halogens is 5. The zero-order valence-corrected chi connectivity index (χ0v) is 12.6. The summed E-state index contributed by atoms with van der Waals surface area (Å²) in [4.78, 5) is -1.03. The molecule has 0 heterocycles. The molecule has 1 rings (SSSR count). The van der Waals surface area contributed by atoms with Gasteiger partial charge in [-0.15, -0.1) is 12.4 Å². The van der Waals surface area contributed by atoms with Crippen molar-refractivity contribution in [2.24, 2.45) is 5.73 Å². The predicted octanol–water partition coefficient (Wildman–Crippen LogP) is 2.28. The SMILES string of the molecule is CC(N)CCNS(=O)(=O)c1cc(C(F)(F)F)ccc1F.Cl. The van der Waals surface area contributed by atoms with Crippen molar-refractivity contribution >= 4 is 22.4 Å². The molecule has 0 saturated heterocycles. The molecule has 0 aliphatic rings. The van der Waals surface area contributed by atoms with Gasteiger partial charge >= 0.3 is 6.18 Å². The first-order chi connectivity index (χ1) is 9.04. The number of sulfonamides is 1. The molecule has 3 N–H and O–H groups in total. The Labute approximate surface area is 126 Å². The molecule has 10 heteroatoms. The van der Waals surface area contributed by atoms with Gasteiger partial charge in [0.25, 0.3) is 0 Å². The summed E-state index contributed by atoms with van der Waals surface area (Å²) in [5, 5.41) is 0. The highest BCUT2D eigenvalue weighted by Crippen LogP contribution is 2.31. The summed E-state index contributed by atoms with van der Waals surface area (Å²) in [6, 6.07) is 0.937. The summed E-state index contributed by atoms with van der Waals surface area (Å²) in [7, 11) is -4.35. The maximum atomic E-state index is 13.4. The molecule has 0 amide bonds. The maximum Gasteiger partial charge on any atom is 0.416 e. The highest BCUT2D eigenvalue weighted by atomic mass is 35.5. The Morgan fingerprint density at radius 1 is 1.33 bits per heavy atom. The molecule has 1 aromatic rings. The van der Waals surface area contributed by atoms with E-state index in [0.717, 1.165) is 0 Å². The van der Waals surface area contributed by atoms with E-state index in [-0.39, 0.29) is 37.5 Å². The Bertz CT molecular complexity index is 576. The Morgan fingerprint density at radius 2 is 1.90 bits per heavy atom. The second-order valence-corrected chi connectivity index (χ2v) is 6.04. The maximum absolute atomic E-state index is 13.4. The number of hydrogen-bond acceptors (Lipinski definition) is 3. The van der Waals surface area contributed by atoms with Crippen LogP contribution in [0.3, 0.4) is 0 Å². The van der Waals surface area contributed by atoms with Crippen molar-refractivity contribution in [3.8, 4) is 0 Å². The topological polar surface area (TPSA) is 72.2 Å². The minimum Gasteiger partial charge on any atom is -0.328 e. The van der Waals surface area contributed by atoms with Gasteiger partial charge in [-0.1, -0.05) is 0 Å². The van der Waals surface area contributed by atoms with Gasteiger partial charge in [0.2, 0.25) is 10.0 Å². The molecule has 1 aromatic carbocycles. The normalized spacial score (nSPS) is 13.6. The highest BCUT2D eigenvalue weighted by Gasteiger charge is 2.33. The number of alkyl halides is 3. The van der Waals surface area contributed by atoms with E-state index in [9.17, 15) is 26.0 Å². The molecule has 0 aliphatic carbocycles. The Kier molecular flexibility index (Phi) is 7.07. The lowest BCUT2D eigenvalue weighted by Gasteiger charge is -2.12. The van der Waals surface area contributed by atoms with Gasteiger partial charge in [-0.2, -0.15) is 13.2 Å². The van der Waals surface area contributed by atoms with Crippen LogP contribution in [-0.4, -0.2) is 21.0 Å². The van der Waals surface area contributed by atoms with E-state index < -0.39 is 32.5 Å². The summed E-state index contributed by atoms with van der Waals surface area (Å²) in [5.74, 6) is -1.24. The molecule has 122 valence electrons. The van der Waals surface area contributed by atoms with Crippen LogP contribution < -0.4 is 10.5 Å². The first-order valence-electron chi connectivity index (χ1n) is 5.66. The summed E-state index contributed by atoms with van der Waals surface area (Å²) >= 11 is 0. The molecule has 21 heavy (non-hydrogen) atoms. The van der Waals surface area contributed by atoms with Crippen molar-refractivity contribution in [1.29, 1.82) is 0 Å². The molecule has 0 aromatic heterocycles. The molecule has 0 aliphatic heterocycles. The number of nitrogens with one attached hydrogen (secondary N) is 1. The summed E-state index contributed by atoms with van der Waals surface area (Å²) in [6.45, 7) is 1.55. The van der Waals surface area contributed by atoms with Crippen LogP contribution >= 0.6 is 12.4 Å². The van der Waals surface area contributed by atoms with Gasteiger partial charge in [0, 0.05) is 12.6 Å². The fourth-order valence-corrected chi connectivity index (χ4v) is 2.53. The molecule has 1 atom stereocenters. The van der Waals surface area contributed by atoms with Gasteiger partial charge in [-0.05, 0) is 31.5 Å². The third-order valence-electron chi connectivity index (χ3n) is 2.44. The van der Waals surface area contributed by atoms with Crippen molar-refractivity contribution in [3.63, 3.8) is 0 Å².